The normalized spacial score (nSPS) is 13.5. The monoisotopic (exact) mass is 491 g/mol. The van der Waals surface area contributed by atoms with Gasteiger partial charge in [-0.1, -0.05) is 12.1 Å². The molecule has 1 aliphatic rings. The first-order valence-electron chi connectivity index (χ1n) is 11.5. The molecular formula is C25H29N7O4. The lowest BCUT2D eigenvalue weighted by atomic mass is 10.1. The van der Waals surface area contributed by atoms with E-state index >= 15 is 0 Å². The van der Waals surface area contributed by atoms with Crippen molar-refractivity contribution < 1.29 is 19.0 Å². The van der Waals surface area contributed by atoms with Crippen molar-refractivity contribution in [2.24, 2.45) is 5.10 Å². The van der Waals surface area contributed by atoms with Crippen LogP contribution in [0.2, 0.25) is 0 Å². The van der Waals surface area contributed by atoms with Crippen LogP contribution in [0, 0.1) is 13.8 Å². The van der Waals surface area contributed by atoms with Gasteiger partial charge in [-0.25, -0.2) is 5.43 Å². The topological polar surface area (TPSA) is 123 Å². The number of carbonyl (C=O) groups excluding carboxylic acids is 1. The summed E-state index contributed by atoms with van der Waals surface area (Å²) in [6.45, 7) is 7.98. The SMILES string of the molecule is COc1cc(/C=N/Nc2nc(Nc3cc(C)ccc3C)nc(N3CCOCC3)n2)ccc1OC(C)=O. The fraction of sp³-hybridized carbons (Fsp3) is 0.320. The minimum Gasteiger partial charge on any atom is -0.493 e. The number of aryl methyl sites for hydroxylation is 2. The molecule has 1 fully saturated rings. The molecule has 1 aromatic heterocycles. The van der Waals surface area contributed by atoms with Gasteiger partial charge >= 0.3 is 5.97 Å². The lowest BCUT2D eigenvalue weighted by Gasteiger charge is -2.27. The van der Waals surface area contributed by atoms with Gasteiger partial charge in [0.25, 0.3) is 0 Å². The van der Waals surface area contributed by atoms with Gasteiger partial charge in [-0.2, -0.15) is 20.1 Å². The number of nitrogens with zero attached hydrogens (tertiary/aromatic N) is 5. The third-order valence-corrected chi connectivity index (χ3v) is 5.38. The van der Waals surface area contributed by atoms with Gasteiger partial charge in [0.05, 0.1) is 26.5 Å². The number of rotatable bonds is 8. The van der Waals surface area contributed by atoms with E-state index < -0.39 is 5.97 Å². The molecule has 0 unspecified atom stereocenters. The predicted octanol–water partition coefficient (Wildman–Crippen LogP) is 3.45. The second kappa shape index (κ2) is 11.5. The highest BCUT2D eigenvalue weighted by Gasteiger charge is 2.17. The molecule has 11 nitrogen and oxygen atoms in total. The molecular weight excluding hydrogens is 462 g/mol. The van der Waals surface area contributed by atoms with Gasteiger partial charge in [-0.05, 0) is 54.8 Å². The molecule has 1 saturated heterocycles. The van der Waals surface area contributed by atoms with E-state index in [0.29, 0.717) is 55.6 Å². The first-order valence-corrected chi connectivity index (χ1v) is 11.5. The van der Waals surface area contributed by atoms with E-state index in [0.717, 1.165) is 22.4 Å². The standard InChI is InChI=1S/C25H29N7O4/c1-16-5-6-17(2)20(13-16)27-23-28-24(30-25(29-23)32-9-11-35-12-10-32)31-26-15-19-7-8-21(36-18(3)33)22(14-19)34-4/h5-8,13-15H,9-12H2,1-4H3,(H2,27,28,29,30,31)/b26-15+. The lowest BCUT2D eigenvalue weighted by molar-refractivity contribution is -0.132. The first-order chi connectivity index (χ1) is 17.4. The Bertz CT molecular complexity index is 1260. The molecule has 0 atom stereocenters. The molecule has 36 heavy (non-hydrogen) atoms. The Morgan fingerprint density at radius 2 is 1.83 bits per heavy atom. The Kier molecular flexibility index (Phi) is 7.91. The van der Waals surface area contributed by atoms with E-state index in [1.807, 2.05) is 30.9 Å². The summed E-state index contributed by atoms with van der Waals surface area (Å²) in [6, 6.07) is 11.3. The summed E-state index contributed by atoms with van der Waals surface area (Å²) in [5, 5.41) is 7.59. The maximum atomic E-state index is 11.3. The summed E-state index contributed by atoms with van der Waals surface area (Å²) < 4.78 is 15.9. The Morgan fingerprint density at radius 1 is 1.06 bits per heavy atom. The molecule has 0 radical (unpaired) electrons. The van der Waals surface area contributed by atoms with Crippen LogP contribution in [0.1, 0.15) is 23.6 Å². The van der Waals surface area contributed by atoms with Crippen molar-refractivity contribution in [1.29, 1.82) is 0 Å². The Balaban J connectivity index is 1.57. The van der Waals surface area contributed by atoms with Crippen molar-refractivity contribution in [2.45, 2.75) is 20.8 Å². The number of methoxy groups -OCH3 is 1. The highest BCUT2D eigenvalue weighted by atomic mass is 16.6. The molecule has 0 saturated carbocycles. The van der Waals surface area contributed by atoms with Crippen molar-refractivity contribution in [1.82, 2.24) is 15.0 Å². The fourth-order valence-electron chi connectivity index (χ4n) is 3.53. The average molecular weight is 492 g/mol. The lowest BCUT2D eigenvalue weighted by Crippen LogP contribution is -2.37. The van der Waals surface area contributed by atoms with Crippen LogP contribution in [0.15, 0.2) is 41.5 Å². The molecule has 0 spiro atoms. The van der Waals surface area contributed by atoms with Crippen LogP contribution in [0.25, 0.3) is 0 Å². The van der Waals surface area contributed by atoms with Crippen LogP contribution in [0.5, 0.6) is 11.5 Å². The molecule has 2 aromatic carbocycles. The second-order valence-corrected chi connectivity index (χ2v) is 8.20. The van der Waals surface area contributed by atoms with E-state index in [1.54, 1.807) is 24.4 Å². The number of morpholine rings is 1. The van der Waals surface area contributed by atoms with Crippen molar-refractivity contribution in [3.8, 4) is 11.5 Å². The summed E-state index contributed by atoms with van der Waals surface area (Å²) >= 11 is 0. The zero-order valence-electron chi connectivity index (χ0n) is 20.7. The largest absolute Gasteiger partial charge is 0.493 e. The summed E-state index contributed by atoms with van der Waals surface area (Å²) in [5.41, 5.74) is 6.75. The van der Waals surface area contributed by atoms with Crippen molar-refractivity contribution in [2.75, 3.05) is 49.1 Å². The molecule has 2 N–H and O–H groups in total. The third kappa shape index (κ3) is 6.45. The van der Waals surface area contributed by atoms with E-state index in [1.165, 1.54) is 14.0 Å². The van der Waals surface area contributed by atoms with Crippen molar-refractivity contribution in [3.63, 3.8) is 0 Å². The Labute approximate surface area is 209 Å². The quantitative estimate of drug-likeness (QED) is 0.210. The number of hydrogen-bond acceptors (Lipinski definition) is 11. The smallest absolute Gasteiger partial charge is 0.308 e. The summed E-state index contributed by atoms with van der Waals surface area (Å²) in [4.78, 5) is 27.0. The molecule has 188 valence electrons. The van der Waals surface area contributed by atoms with Gasteiger partial charge in [0.15, 0.2) is 11.5 Å². The number of carbonyl (C=O) groups is 1. The van der Waals surface area contributed by atoms with E-state index in [2.05, 4.69) is 36.9 Å². The summed E-state index contributed by atoms with van der Waals surface area (Å²) in [6.07, 6.45) is 1.59. The number of esters is 1. The first kappa shape index (κ1) is 24.9. The van der Waals surface area contributed by atoms with Crippen LogP contribution < -0.4 is 25.1 Å². The van der Waals surface area contributed by atoms with Crippen LogP contribution in [0.4, 0.5) is 23.5 Å². The summed E-state index contributed by atoms with van der Waals surface area (Å²) in [5.74, 6) is 1.57. The maximum absolute atomic E-state index is 11.3. The van der Waals surface area contributed by atoms with Crippen molar-refractivity contribution >= 4 is 35.7 Å². The molecule has 2 heterocycles. The number of benzene rings is 2. The van der Waals surface area contributed by atoms with Gasteiger partial charge in [0.2, 0.25) is 17.8 Å². The number of aromatic nitrogens is 3. The molecule has 1 aliphatic heterocycles. The Hall–Kier alpha value is -4.25. The highest BCUT2D eigenvalue weighted by molar-refractivity contribution is 5.82. The number of ether oxygens (including phenoxy) is 3. The van der Waals surface area contributed by atoms with Gasteiger partial charge in [-0.15, -0.1) is 0 Å². The van der Waals surface area contributed by atoms with Gasteiger partial charge in [0, 0.05) is 25.7 Å². The van der Waals surface area contributed by atoms with E-state index in [9.17, 15) is 4.79 Å². The summed E-state index contributed by atoms with van der Waals surface area (Å²) in [7, 11) is 1.50. The predicted molar refractivity (Wildman–Crippen MR) is 138 cm³/mol. The minimum absolute atomic E-state index is 0.291. The zero-order chi connectivity index (χ0) is 25.5. The third-order valence-electron chi connectivity index (χ3n) is 5.38. The number of nitrogens with one attached hydrogen (secondary N) is 2. The fourth-order valence-corrected chi connectivity index (χ4v) is 3.53. The van der Waals surface area contributed by atoms with Gasteiger partial charge in [0.1, 0.15) is 0 Å². The van der Waals surface area contributed by atoms with Crippen molar-refractivity contribution in [3.05, 3.63) is 53.1 Å². The van der Waals surface area contributed by atoms with Gasteiger partial charge in [-0.3, -0.25) is 4.79 Å². The van der Waals surface area contributed by atoms with Gasteiger partial charge < -0.3 is 24.4 Å². The van der Waals surface area contributed by atoms with E-state index in [-0.39, 0.29) is 0 Å². The molecule has 3 aromatic rings. The second-order valence-electron chi connectivity index (χ2n) is 8.20. The number of hydrogen-bond donors (Lipinski definition) is 2. The van der Waals surface area contributed by atoms with Crippen LogP contribution in [-0.2, 0) is 9.53 Å². The highest BCUT2D eigenvalue weighted by Crippen LogP contribution is 2.28. The number of hydrazone groups is 1. The molecule has 4 rings (SSSR count). The molecule has 0 aliphatic carbocycles. The molecule has 0 bridgehead atoms. The molecule has 11 heteroatoms. The number of anilines is 4. The minimum atomic E-state index is -0.424. The van der Waals surface area contributed by atoms with Crippen LogP contribution >= 0.6 is 0 Å². The zero-order valence-corrected chi connectivity index (χ0v) is 20.7. The Morgan fingerprint density at radius 3 is 2.58 bits per heavy atom. The average Bonchev–Trinajstić information content (AvgIpc) is 2.87. The maximum Gasteiger partial charge on any atom is 0.308 e. The molecule has 0 amide bonds. The van der Waals surface area contributed by atoms with Crippen LogP contribution in [-0.4, -0.2) is 60.5 Å². The van der Waals surface area contributed by atoms with E-state index in [4.69, 9.17) is 14.2 Å². The van der Waals surface area contributed by atoms with Crippen LogP contribution in [0.3, 0.4) is 0 Å².